The highest BCUT2D eigenvalue weighted by Gasteiger charge is 2.29. The quantitative estimate of drug-likeness (QED) is 0.0775. The average Bonchev–Trinajstić information content (AvgIpc) is 3.13. The summed E-state index contributed by atoms with van der Waals surface area (Å²) in [4.78, 5) is 17.7. The molecular weight excluding hydrogens is 617 g/mol. The summed E-state index contributed by atoms with van der Waals surface area (Å²) in [7, 11) is 7.89. The van der Waals surface area contributed by atoms with Crippen molar-refractivity contribution in [2.24, 2.45) is 0 Å². The van der Waals surface area contributed by atoms with E-state index in [0.717, 1.165) is 38.5 Å². The number of ether oxygens (including phenoxy) is 2. The summed E-state index contributed by atoms with van der Waals surface area (Å²) < 4.78 is 12.4. The van der Waals surface area contributed by atoms with Crippen LogP contribution in [0, 0.1) is 0 Å². The standard InChI is InChI=1S/C45H60N2O3/c1-9-35-23-25-39(29-37(35)11-3)41(27-33-19-15-13-16-20-33)31-43(46(5)6)49-45(48)50-44(47(7)8)32-42(28-34-21-17-14-18-22-34)40-26-24-36(10-2)38(12-4)30-40/h13-26,29-30,41-44H,9-12,27-28,31-32H2,1-8H3. The van der Waals surface area contributed by atoms with E-state index in [-0.39, 0.29) is 11.8 Å². The Morgan fingerprint density at radius 3 is 1.20 bits per heavy atom. The Hall–Kier alpha value is -3.93. The number of hydrogen-bond donors (Lipinski definition) is 0. The molecule has 4 aromatic rings. The van der Waals surface area contributed by atoms with Gasteiger partial charge in [0.1, 0.15) is 0 Å². The van der Waals surface area contributed by atoms with Crippen LogP contribution < -0.4 is 0 Å². The van der Waals surface area contributed by atoms with E-state index in [1.165, 1.54) is 44.5 Å². The molecule has 0 aliphatic heterocycles. The maximum Gasteiger partial charge on any atom is 0.511 e. The highest BCUT2D eigenvalue weighted by atomic mass is 16.7. The van der Waals surface area contributed by atoms with E-state index in [4.69, 9.17) is 9.47 Å². The zero-order valence-electron chi connectivity index (χ0n) is 31.8. The van der Waals surface area contributed by atoms with E-state index < -0.39 is 18.6 Å². The van der Waals surface area contributed by atoms with Gasteiger partial charge in [-0.15, -0.1) is 0 Å². The monoisotopic (exact) mass is 676 g/mol. The minimum absolute atomic E-state index is 0.160. The number of aryl methyl sites for hydroxylation is 4. The van der Waals surface area contributed by atoms with E-state index in [0.29, 0.717) is 12.8 Å². The summed E-state index contributed by atoms with van der Waals surface area (Å²) >= 11 is 0. The molecule has 5 nitrogen and oxygen atoms in total. The first-order chi connectivity index (χ1) is 24.1. The van der Waals surface area contributed by atoms with Crippen molar-refractivity contribution in [1.82, 2.24) is 9.80 Å². The van der Waals surface area contributed by atoms with E-state index in [9.17, 15) is 4.79 Å². The first-order valence-electron chi connectivity index (χ1n) is 18.7. The third-order valence-corrected chi connectivity index (χ3v) is 10.2. The molecule has 268 valence electrons. The average molecular weight is 677 g/mol. The summed E-state index contributed by atoms with van der Waals surface area (Å²) in [6.45, 7) is 8.88. The molecule has 0 bridgehead atoms. The summed E-state index contributed by atoms with van der Waals surface area (Å²) in [6, 6.07) is 35.0. The molecule has 0 fully saturated rings. The molecule has 4 unspecified atom stereocenters. The Morgan fingerprint density at radius 1 is 0.520 bits per heavy atom. The van der Waals surface area contributed by atoms with Gasteiger partial charge in [0, 0.05) is 12.8 Å². The zero-order chi connectivity index (χ0) is 36.0. The van der Waals surface area contributed by atoms with Crippen LogP contribution in [0.3, 0.4) is 0 Å². The smallest absolute Gasteiger partial charge is 0.415 e. The second kappa shape index (κ2) is 19.5. The first-order valence-corrected chi connectivity index (χ1v) is 18.7. The Labute approximate surface area is 302 Å². The maximum atomic E-state index is 13.7. The van der Waals surface area contributed by atoms with Gasteiger partial charge in [0.25, 0.3) is 0 Å². The van der Waals surface area contributed by atoms with Crippen molar-refractivity contribution in [3.63, 3.8) is 0 Å². The van der Waals surface area contributed by atoms with Crippen LogP contribution in [-0.4, -0.2) is 56.6 Å². The molecule has 0 amide bonds. The van der Waals surface area contributed by atoms with Crippen LogP contribution in [0.25, 0.3) is 0 Å². The minimum atomic E-state index is -0.634. The largest absolute Gasteiger partial charge is 0.511 e. The number of benzene rings is 4. The Kier molecular flexibility index (Phi) is 15.1. The van der Waals surface area contributed by atoms with Gasteiger partial charge in [-0.25, -0.2) is 4.79 Å². The van der Waals surface area contributed by atoms with Crippen molar-refractivity contribution in [2.75, 3.05) is 28.2 Å². The lowest BCUT2D eigenvalue weighted by atomic mass is 9.86. The van der Waals surface area contributed by atoms with Gasteiger partial charge in [-0.2, -0.15) is 0 Å². The predicted molar refractivity (Wildman–Crippen MR) is 208 cm³/mol. The lowest BCUT2D eigenvalue weighted by Gasteiger charge is -2.32. The Balaban J connectivity index is 1.55. The van der Waals surface area contributed by atoms with Crippen molar-refractivity contribution >= 4 is 6.16 Å². The van der Waals surface area contributed by atoms with Crippen LogP contribution in [0.2, 0.25) is 0 Å². The molecule has 50 heavy (non-hydrogen) atoms. The van der Waals surface area contributed by atoms with E-state index >= 15 is 0 Å². The van der Waals surface area contributed by atoms with Crippen LogP contribution in [0.1, 0.15) is 96.9 Å². The second-order valence-electron chi connectivity index (χ2n) is 14.0. The van der Waals surface area contributed by atoms with Crippen molar-refractivity contribution in [3.8, 4) is 0 Å². The molecule has 4 atom stereocenters. The lowest BCUT2D eigenvalue weighted by molar-refractivity contribution is -0.0780. The summed E-state index contributed by atoms with van der Waals surface area (Å²) in [5, 5.41) is 0. The molecule has 0 aromatic heterocycles. The highest BCUT2D eigenvalue weighted by molar-refractivity contribution is 5.60. The van der Waals surface area contributed by atoms with Crippen LogP contribution >= 0.6 is 0 Å². The van der Waals surface area contributed by atoms with Gasteiger partial charge in [-0.3, -0.25) is 9.80 Å². The van der Waals surface area contributed by atoms with E-state index in [1.807, 2.05) is 38.0 Å². The maximum absolute atomic E-state index is 13.7. The molecule has 0 radical (unpaired) electrons. The third kappa shape index (κ3) is 11.0. The first kappa shape index (κ1) is 38.9. The van der Waals surface area contributed by atoms with E-state index in [1.54, 1.807) is 0 Å². The number of carbonyl (C=O) groups is 1. The number of carbonyl (C=O) groups excluding carboxylic acids is 1. The summed E-state index contributed by atoms with van der Waals surface area (Å²) in [5.74, 6) is 0.320. The molecule has 4 rings (SSSR count). The Morgan fingerprint density at radius 2 is 0.880 bits per heavy atom. The molecule has 0 aliphatic rings. The van der Waals surface area contributed by atoms with Crippen molar-refractivity contribution in [2.45, 2.75) is 103 Å². The molecule has 0 heterocycles. The van der Waals surface area contributed by atoms with E-state index in [2.05, 4.69) is 125 Å². The molecule has 0 N–H and O–H groups in total. The normalized spacial score (nSPS) is 14.0. The number of hydrogen-bond acceptors (Lipinski definition) is 5. The molecule has 0 spiro atoms. The Bertz CT molecular complexity index is 1480. The van der Waals surface area contributed by atoms with Gasteiger partial charge in [0.15, 0.2) is 12.5 Å². The van der Waals surface area contributed by atoms with Gasteiger partial charge in [0.2, 0.25) is 0 Å². The van der Waals surface area contributed by atoms with Gasteiger partial charge in [-0.1, -0.05) is 125 Å². The third-order valence-electron chi connectivity index (χ3n) is 10.2. The summed E-state index contributed by atoms with van der Waals surface area (Å²) in [5.41, 5.74) is 10.7. The van der Waals surface area contributed by atoms with Gasteiger partial charge in [0.05, 0.1) is 0 Å². The van der Waals surface area contributed by atoms with Crippen LogP contribution in [0.5, 0.6) is 0 Å². The van der Waals surface area contributed by atoms with Crippen LogP contribution in [0.15, 0.2) is 97.1 Å². The fourth-order valence-corrected chi connectivity index (χ4v) is 7.08. The summed E-state index contributed by atoms with van der Waals surface area (Å²) in [6.07, 6.45) is 5.50. The zero-order valence-corrected chi connectivity index (χ0v) is 31.8. The molecule has 4 aromatic carbocycles. The number of nitrogens with zero attached hydrogens (tertiary/aromatic N) is 2. The van der Waals surface area contributed by atoms with Crippen molar-refractivity contribution in [1.29, 1.82) is 0 Å². The van der Waals surface area contributed by atoms with Gasteiger partial charge >= 0.3 is 6.16 Å². The second-order valence-corrected chi connectivity index (χ2v) is 14.0. The topological polar surface area (TPSA) is 42.0 Å². The fourth-order valence-electron chi connectivity index (χ4n) is 7.08. The molecule has 0 saturated heterocycles. The van der Waals surface area contributed by atoms with Gasteiger partial charge in [-0.05, 0) is 123 Å². The van der Waals surface area contributed by atoms with Gasteiger partial charge < -0.3 is 9.47 Å². The fraction of sp³-hybridized carbons (Fsp3) is 0.444. The number of rotatable bonds is 18. The SMILES string of the molecule is CCc1ccc(C(Cc2ccccc2)CC(OC(=O)OC(CC(Cc2ccccc2)c2ccc(CC)c(CC)c2)N(C)C)N(C)C)cc1CC. The minimum Gasteiger partial charge on any atom is -0.415 e. The van der Waals surface area contributed by atoms with Crippen molar-refractivity contribution < 1.29 is 14.3 Å². The highest BCUT2D eigenvalue weighted by Crippen LogP contribution is 2.32. The lowest BCUT2D eigenvalue weighted by Crippen LogP contribution is -2.39. The molecular formula is C45H60N2O3. The predicted octanol–water partition coefficient (Wildman–Crippen LogP) is 10.00. The van der Waals surface area contributed by atoms with Crippen LogP contribution in [0.4, 0.5) is 4.79 Å². The molecule has 5 heteroatoms. The molecule has 0 aliphatic carbocycles. The van der Waals surface area contributed by atoms with Crippen molar-refractivity contribution in [3.05, 3.63) is 142 Å². The van der Waals surface area contributed by atoms with Crippen LogP contribution in [-0.2, 0) is 48.0 Å². The molecule has 0 saturated carbocycles.